The van der Waals surface area contributed by atoms with Gasteiger partial charge in [-0.3, -0.25) is 0 Å². The van der Waals surface area contributed by atoms with Crippen molar-refractivity contribution < 1.29 is 0 Å². The Kier molecular flexibility index (Phi) is 24.2. The highest BCUT2D eigenvalue weighted by molar-refractivity contribution is 5.84. The molecule has 0 bridgehead atoms. The zero-order valence-corrected chi connectivity index (χ0v) is 45.1. The van der Waals surface area contributed by atoms with Gasteiger partial charge in [-0.25, -0.2) is 0 Å². The van der Waals surface area contributed by atoms with Crippen LogP contribution in [0, 0.1) is 6.92 Å². The highest BCUT2D eigenvalue weighted by Crippen LogP contribution is 2.43. The van der Waals surface area contributed by atoms with E-state index in [9.17, 15) is 0 Å². The Hall–Kier alpha value is -5.10. The zero-order chi connectivity index (χ0) is 49.2. The largest absolute Gasteiger partial charge is 0.372 e. The molecule has 0 saturated heterocycles. The van der Waals surface area contributed by atoms with Crippen molar-refractivity contribution in [2.24, 2.45) is 0 Å². The maximum atomic E-state index is 2.59. The molecule has 0 fully saturated rings. The molecular weight excluding hydrogens is 841 g/mol. The van der Waals surface area contributed by atoms with Crippen LogP contribution in [0.15, 0.2) is 115 Å². The molecule has 5 aromatic carbocycles. The van der Waals surface area contributed by atoms with Crippen LogP contribution in [0.3, 0.4) is 0 Å². The molecule has 0 aliphatic rings. The van der Waals surface area contributed by atoms with Crippen molar-refractivity contribution in [1.82, 2.24) is 0 Å². The van der Waals surface area contributed by atoms with Crippen molar-refractivity contribution >= 4 is 56.9 Å². The summed E-state index contributed by atoms with van der Waals surface area (Å²) in [5, 5.41) is 0. The molecular formula is C63H94N6. The zero-order valence-electron chi connectivity index (χ0n) is 45.1. The molecule has 69 heavy (non-hydrogen) atoms. The second-order valence-electron chi connectivity index (χ2n) is 19.5. The monoisotopic (exact) mass is 935 g/mol. The summed E-state index contributed by atoms with van der Waals surface area (Å²) in [5.41, 5.74) is 13.5. The molecule has 0 saturated carbocycles. The quantitative estimate of drug-likeness (QED) is 0.0406. The van der Waals surface area contributed by atoms with Crippen LogP contribution in [0.25, 0.3) is 0 Å². The van der Waals surface area contributed by atoms with Gasteiger partial charge < -0.3 is 29.4 Å². The lowest BCUT2D eigenvalue weighted by molar-refractivity contribution is 0.678. The minimum atomic E-state index is 1.10. The lowest BCUT2D eigenvalue weighted by Gasteiger charge is -2.32. The van der Waals surface area contributed by atoms with Gasteiger partial charge in [-0.15, -0.1) is 0 Å². The summed E-state index contributed by atoms with van der Waals surface area (Å²) in [5.74, 6) is 0. The van der Waals surface area contributed by atoms with Crippen molar-refractivity contribution in [3.8, 4) is 0 Å². The predicted octanol–water partition coefficient (Wildman–Crippen LogP) is 18.6. The maximum absolute atomic E-state index is 2.59. The minimum absolute atomic E-state index is 1.10. The van der Waals surface area contributed by atoms with Gasteiger partial charge in [-0.05, 0) is 179 Å². The number of aryl methyl sites for hydroxylation is 1. The van der Waals surface area contributed by atoms with E-state index in [1.807, 2.05) is 0 Å². The summed E-state index contributed by atoms with van der Waals surface area (Å²) in [6, 6.07) is 44.7. The van der Waals surface area contributed by atoms with E-state index < -0.39 is 0 Å². The van der Waals surface area contributed by atoms with E-state index >= 15 is 0 Å². The van der Waals surface area contributed by atoms with Crippen LogP contribution < -0.4 is 29.4 Å². The van der Waals surface area contributed by atoms with Gasteiger partial charge in [0.1, 0.15) is 0 Å². The molecule has 0 amide bonds. The van der Waals surface area contributed by atoms with Crippen LogP contribution in [0.5, 0.6) is 0 Å². The first-order valence-corrected chi connectivity index (χ1v) is 27.9. The number of nitrogens with zero attached hydrogens (tertiary/aromatic N) is 6. The molecule has 5 rings (SSSR count). The van der Waals surface area contributed by atoms with Gasteiger partial charge in [0.05, 0.1) is 0 Å². The molecule has 0 heterocycles. The van der Waals surface area contributed by atoms with E-state index in [1.165, 1.54) is 159 Å². The van der Waals surface area contributed by atoms with Gasteiger partial charge in [-0.2, -0.15) is 0 Å². The average molecular weight is 935 g/mol. The Labute approximate surface area is 422 Å². The molecule has 0 atom stereocenters. The fourth-order valence-corrected chi connectivity index (χ4v) is 9.43. The molecule has 0 unspecified atom stereocenters. The van der Waals surface area contributed by atoms with Gasteiger partial charge in [-0.1, -0.05) is 107 Å². The van der Waals surface area contributed by atoms with Crippen LogP contribution in [-0.4, -0.2) is 52.4 Å². The van der Waals surface area contributed by atoms with Crippen molar-refractivity contribution in [2.45, 2.75) is 165 Å². The van der Waals surface area contributed by atoms with Crippen molar-refractivity contribution in [3.05, 3.63) is 121 Å². The predicted molar refractivity (Wildman–Crippen MR) is 309 cm³/mol. The first-order valence-electron chi connectivity index (χ1n) is 27.9. The van der Waals surface area contributed by atoms with Gasteiger partial charge in [0.25, 0.3) is 0 Å². The summed E-state index contributed by atoms with van der Waals surface area (Å²) < 4.78 is 0. The van der Waals surface area contributed by atoms with E-state index in [0.29, 0.717) is 0 Å². The number of hydrogen-bond acceptors (Lipinski definition) is 6. The molecule has 0 spiro atoms. The molecule has 0 N–H and O–H groups in total. The van der Waals surface area contributed by atoms with Crippen LogP contribution in [0.4, 0.5) is 56.9 Å². The summed E-state index contributed by atoms with van der Waals surface area (Å²) in [7, 11) is 0. The first-order chi connectivity index (χ1) is 33.8. The van der Waals surface area contributed by atoms with E-state index in [2.05, 4.69) is 207 Å². The fraction of sp³-hybridized carbons (Fsp3) is 0.524. The SMILES string of the molecule is CCCCN(CCCC)c1ccc(N(c2ccc(N(CCCC)CCCC)cc2)c2ccc(N(c3ccc(N(CCCC)CCCC)cc3)c3ccc(N(CCCC)CCCC)cc3)c(C)c2)cc1. The number of benzene rings is 5. The molecule has 0 aromatic heterocycles. The molecule has 376 valence electrons. The third-order valence-electron chi connectivity index (χ3n) is 13.8. The third-order valence-corrected chi connectivity index (χ3v) is 13.8. The molecule has 6 nitrogen and oxygen atoms in total. The van der Waals surface area contributed by atoms with Crippen molar-refractivity contribution in [3.63, 3.8) is 0 Å². The van der Waals surface area contributed by atoms with E-state index in [4.69, 9.17) is 0 Å². The van der Waals surface area contributed by atoms with E-state index in [-0.39, 0.29) is 0 Å². The van der Waals surface area contributed by atoms with Crippen LogP contribution in [-0.2, 0) is 0 Å². The number of unbranched alkanes of at least 4 members (excludes halogenated alkanes) is 8. The second-order valence-corrected chi connectivity index (χ2v) is 19.5. The molecule has 0 aliphatic heterocycles. The highest BCUT2D eigenvalue weighted by Gasteiger charge is 2.21. The summed E-state index contributed by atoms with van der Waals surface area (Å²) in [6.45, 7) is 29.5. The number of anilines is 10. The Morgan fingerprint density at radius 2 is 0.449 bits per heavy atom. The normalized spacial score (nSPS) is 11.2. The molecule has 6 heteroatoms. The summed E-state index contributed by atoms with van der Waals surface area (Å²) in [6.07, 6.45) is 19.3. The van der Waals surface area contributed by atoms with Gasteiger partial charge in [0.15, 0.2) is 0 Å². The highest BCUT2D eigenvalue weighted by atomic mass is 15.2. The molecule has 0 aliphatic carbocycles. The van der Waals surface area contributed by atoms with E-state index in [1.54, 1.807) is 0 Å². The third kappa shape index (κ3) is 16.2. The van der Waals surface area contributed by atoms with Gasteiger partial charge in [0, 0.05) is 109 Å². The smallest absolute Gasteiger partial charge is 0.0492 e. The van der Waals surface area contributed by atoms with Crippen LogP contribution in [0.1, 0.15) is 164 Å². The first kappa shape index (κ1) is 54.8. The van der Waals surface area contributed by atoms with E-state index in [0.717, 1.165) is 58.0 Å². The average Bonchev–Trinajstić information content (AvgIpc) is 3.38. The van der Waals surface area contributed by atoms with Crippen molar-refractivity contribution in [1.29, 1.82) is 0 Å². The Morgan fingerprint density at radius 3 is 0.667 bits per heavy atom. The number of rotatable bonds is 34. The van der Waals surface area contributed by atoms with Gasteiger partial charge in [0.2, 0.25) is 0 Å². The Bertz CT molecular complexity index is 1950. The van der Waals surface area contributed by atoms with Crippen LogP contribution >= 0.6 is 0 Å². The number of hydrogen-bond donors (Lipinski definition) is 0. The van der Waals surface area contributed by atoms with Crippen molar-refractivity contribution in [2.75, 3.05) is 81.8 Å². The fourth-order valence-electron chi connectivity index (χ4n) is 9.43. The minimum Gasteiger partial charge on any atom is -0.372 e. The summed E-state index contributed by atoms with van der Waals surface area (Å²) >= 11 is 0. The molecule has 0 radical (unpaired) electrons. The lowest BCUT2D eigenvalue weighted by Crippen LogP contribution is -2.25. The second kappa shape index (κ2) is 30.5. The Morgan fingerprint density at radius 1 is 0.246 bits per heavy atom. The van der Waals surface area contributed by atoms with Crippen LogP contribution in [0.2, 0.25) is 0 Å². The molecule has 5 aromatic rings. The maximum Gasteiger partial charge on any atom is 0.0492 e. The Balaban J connectivity index is 1.61. The van der Waals surface area contributed by atoms with Gasteiger partial charge >= 0.3 is 0 Å². The topological polar surface area (TPSA) is 19.4 Å². The standard InChI is InChI=1S/C63H94N6/c1-10-18-44-64(45-19-11-2)54-26-34-58(35-27-54)68(59-36-28-55(29-37-59)65(46-20-12-3)47-21-13-4)62-42-43-63(53(9)52-62)69(60-38-30-56(31-39-60)66(48-22-14-5)49-23-15-6)61-40-32-57(33-41-61)67(50-24-16-7)51-25-17-8/h26-43,52H,10-25,44-51H2,1-9H3. The summed E-state index contributed by atoms with van der Waals surface area (Å²) in [4.78, 5) is 15.3. The lowest BCUT2D eigenvalue weighted by atomic mass is 10.1.